The summed E-state index contributed by atoms with van der Waals surface area (Å²) < 4.78 is 0. The van der Waals surface area contributed by atoms with Crippen LogP contribution in [0, 0.1) is 6.92 Å². The zero-order valence-corrected chi connectivity index (χ0v) is 11.8. The lowest BCUT2D eigenvalue weighted by atomic mass is 10.2. The topological polar surface area (TPSA) is 69.6 Å². The fourth-order valence-electron chi connectivity index (χ4n) is 1.95. The van der Waals surface area contributed by atoms with Crippen LogP contribution in [-0.2, 0) is 0 Å². The molecule has 0 saturated carbocycles. The van der Waals surface area contributed by atoms with E-state index in [1.165, 1.54) is 17.0 Å². The predicted molar refractivity (Wildman–Crippen MR) is 82.0 cm³/mol. The Hall–Kier alpha value is -2.82. The van der Waals surface area contributed by atoms with Crippen LogP contribution < -0.4 is 10.2 Å². The molecule has 0 radical (unpaired) electrons. The molecule has 0 fully saturated rings. The molecule has 5 heteroatoms. The van der Waals surface area contributed by atoms with Crippen LogP contribution in [0.3, 0.4) is 0 Å². The molecule has 2 aromatic rings. The van der Waals surface area contributed by atoms with E-state index in [2.05, 4.69) is 5.32 Å². The second-order valence-corrected chi connectivity index (χ2v) is 4.66. The van der Waals surface area contributed by atoms with Crippen LogP contribution in [0.4, 0.5) is 16.2 Å². The Morgan fingerprint density at radius 2 is 1.67 bits per heavy atom. The SMILES string of the molecule is Cc1ccccc1N(C)C(=O)Nc1ccc(C(=O)O)cc1. The van der Waals surface area contributed by atoms with Crippen molar-refractivity contribution in [2.75, 3.05) is 17.3 Å². The van der Waals surface area contributed by atoms with Crippen molar-refractivity contribution >= 4 is 23.4 Å². The number of rotatable bonds is 3. The summed E-state index contributed by atoms with van der Waals surface area (Å²) in [5, 5.41) is 11.6. The minimum absolute atomic E-state index is 0.181. The van der Waals surface area contributed by atoms with Crippen LogP contribution in [0.1, 0.15) is 15.9 Å². The number of carbonyl (C=O) groups is 2. The lowest BCUT2D eigenvalue weighted by Gasteiger charge is -2.20. The molecule has 0 aliphatic rings. The first-order chi connectivity index (χ1) is 9.99. The van der Waals surface area contributed by atoms with E-state index in [0.717, 1.165) is 11.3 Å². The Morgan fingerprint density at radius 3 is 2.24 bits per heavy atom. The molecule has 0 aliphatic carbocycles. The van der Waals surface area contributed by atoms with Crippen molar-refractivity contribution in [3.05, 3.63) is 59.7 Å². The molecule has 21 heavy (non-hydrogen) atoms. The maximum absolute atomic E-state index is 12.2. The van der Waals surface area contributed by atoms with Gasteiger partial charge in [0.2, 0.25) is 0 Å². The Labute approximate surface area is 122 Å². The Kier molecular flexibility index (Phi) is 4.23. The molecule has 0 aliphatic heterocycles. The Bertz CT molecular complexity index is 665. The van der Waals surface area contributed by atoms with Gasteiger partial charge in [-0.15, -0.1) is 0 Å². The van der Waals surface area contributed by atoms with Crippen molar-refractivity contribution in [3.8, 4) is 0 Å². The van der Waals surface area contributed by atoms with E-state index in [1.54, 1.807) is 19.2 Å². The van der Waals surface area contributed by atoms with E-state index < -0.39 is 5.97 Å². The smallest absolute Gasteiger partial charge is 0.335 e. The molecule has 0 spiro atoms. The average Bonchev–Trinajstić information content (AvgIpc) is 2.47. The first-order valence-corrected chi connectivity index (χ1v) is 6.42. The minimum atomic E-state index is -0.995. The molecule has 0 bridgehead atoms. The highest BCUT2D eigenvalue weighted by Crippen LogP contribution is 2.19. The van der Waals surface area contributed by atoms with E-state index in [4.69, 9.17) is 5.11 Å². The summed E-state index contributed by atoms with van der Waals surface area (Å²) >= 11 is 0. The van der Waals surface area contributed by atoms with Crippen LogP contribution in [0.25, 0.3) is 0 Å². The fraction of sp³-hybridized carbons (Fsp3) is 0.125. The van der Waals surface area contributed by atoms with Gasteiger partial charge < -0.3 is 10.4 Å². The maximum atomic E-state index is 12.2. The van der Waals surface area contributed by atoms with Gasteiger partial charge in [0.15, 0.2) is 0 Å². The van der Waals surface area contributed by atoms with Gasteiger partial charge in [0, 0.05) is 18.4 Å². The van der Waals surface area contributed by atoms with Gasteiger partial charge in [-0.25, -0.2) is 9.59 Å². The van der Waals surface area contributed by atoms with Gasteiger partial charge in [-0.2, -0.15) is 0 Å². The third-order valence-corrected chi connectivity index (χ3v) is 3.16. The fourth-order valence-corrected chi connectivity index (χ4v) is 1.95. The van der Waals surface area contributed by atoms with Gasteiger partial charge in [0.1, 0.15) is 0 Å². The molecular weight excluding hydrogens is 268 g/mol. The highest BCUT2D eigenvalue weighted by molar-refractivity contribution is 6.02. The lowest BCUT2D eigenvalue weighted by molar-refractivity contribution is 0.0697. The van der Waals surface area contributed by atoms with Crippen molar-refractivity contribution in [2.24, 2.45) is 0 Å². The molecule has 2 N–H and O–H groups in total. The number of hydrogen-bond donors (Lipinski definition) is 2. The highest BCUT2D eigenvalue weighted by atomic mass is 16.4. The maximum Gasteiger partial charge on any atom is 0.335 e. The first kappa shape index (κ1) is 14.6. The number of nitrogens with one attached hydrogen (secondary N) is 1. The number of amides is 2. The zero-order valence-electron chi connectivity index (χ0n) is 11.8. The third kappa shape index (κ3) is 3.39. The first-order valence-electron chi connectivity index (χ1n) is 6.42. The molecule has 2 rings (SSSR count). The molecule has 108 valence electrons. The van der Waals surface area contributed by atoms with E-state index in [0.29, 0.717) is 5.69 Å². The van der Waals surface area contributed by atoms with E-state index in [1.807, 2.05) is 31.2 Å². The Balaban J connectivity index is 2.11. The molecule has 2 amide bonds. The number of carboxylic acids is 1. The number of aryl methyl sites for hydroxylation is 1. The summed E-state index contributed by atoms with van der Waals surface area (Å²) in [7, 11) is 1.68. The van der Waals surface area contributed by atoms with Crippen LogP contribution in [0.15, 0.2) is 48.5 Å². The molecular formula is C16H16N2O3. The number of carboxylic acid groups (broad SMARTS) is 1. The van der Waals surface area contributed by atoms with Crippen LogP contribution in [0.5, 0.6) is 0 Å². The summed E-state index contributed by atoms with van der Waals surface area (Å²) in [4.78, 5) is 24.5. The van der Waals surface area contributed by atoms with Gasteiger partial charge >= 0.3 is 12.0 Å². The number of benzene rings is 2. The van der Waals surface area contributed by atoms with Crippen LogP contribution in [-0.4, -0.2) is 24.2 Å². The lowest BCUT2D eigenvalue weighted by Crippen LogP contribution is -2.31. The van der Waals surface area contributed by atoms with Crippen LogP contribution >= 0.6 is 0 Å². The van der Waals surface area contributed by atoms with E-state index in [-0.39, 0.29) is 11.6 Å². The number of nitrogens with zero attached hydrogens (tertiary/aromatic N) is 1. The summed E-state index contributed by atoms with van der Waals surface area (Å²) in [6, 6.07) is 13.3. The number of urea groups is 1. The van der Waals surface area contributed by atoms with Gasteiger partial charge in [-0.1, -0.05) is 18.2 Å². The second kappa shape index (κ2) is 6.09. The molecule has 0 unspecified atom stereocenters. The summed E-state index contributed by atoms with van der Waals surface area (Å²) in [6.07, 6.45) is 0. The quantitative estimate of drug-likeness (QED) is 0.908. The van der Waals surface area contributed by atoms with Gasteiger partial charge in [0.05, 0.1) is 5.56 Å². The van der Waals surface area contributed by atoms with Crippen molar-refractivity contribution in [1.82, 2.24) is 0 Å². The van der Waals surface area contributed by atoms with Gasteiger partial charge in [0.25, 0.3) is 0 Å². The molecule has 0 saturated heterocycles. The standard InChI is InChI=1S/C16H16N2O3/c1-11-5-3-4-6-14(11)18(2)16(21)17-13-9-7-12(8-10-13)15(19)20/h3-10H,1-2H3,(H,17,21)(H,19,20). The molecule has 0 aromatic heterocycles. The number of aromatic carboxylic acids is 1. The number of carbonyl (C=O) groups excluding carboxylic acids is 1. The summed E-state index contributed by atoms with van der Waals surface area (Å²) in [5.41, 5.74) is 2.54. The van der Waals surface area contributed by atoms with Crippen LogP contribution in [0.2, 0.25) is 0 Å². The van der Waals surface area contributed by atoms with Crippen molar-refractivity contribution in [3.63, 3.8) is 0 Å². The van der Waals surface area contributed by atoms with Crippen molar-refractivity contribution in [1.29, 1.82) is 0 Å². The van der Waals surface area contributed by atoms with Crippen molar-refractivity contribution < 1.29 is 14.7 Å². The zero-order chi connectivity index (χ0) is 15.4. The monoisotopic (exact) mass is 284 g/mol. The number of anilines is 2. The average molecular weight is 284 g/mol. The normalized spacial score (nSPS) is 10.0. The summed E-state index contributed by atoms with van der Waals surface area (Å²) in [6.45, 7) is 1.93. The van der Waals surface area contributed by atoms with Gasteiger partial charge in [-0.05, 0) is 42.8 Å². The second-order valence-electron chi connectivity index (χ2n) is 4.66. The molecule has 5 nitrogen and oxygen atoms in total. The van der Waals surface area contributed by atoms with Crippen molar-refractivity contribution in [2.45, 2.75) is 6.92 Å². The minimum Gasteiger partial charge on any atom is -0.478 e. The molecule has 0 heterocycles. The highest BCUT2D eigenvalue weighted by Gasteiger charge is 2.12. The Morgan fingerprint density at radius 1 is 1.05 bits per heavy atom. The number of para-hydroxylation sites is 1. The largest absolute Gasteiger partial charge is 0.478 e. The molecule has 0 atom stereocenters. The third-order valence-electron chi connectivity index (χ3n) is 3.16. The number of hydrogen-bond acceptors (Lipinski definition) is 2. The van der Waals surface area contributed by atoms with E-state index in [9.17, 15) is 9.59 Å². The summed E-state index contributed by atoms with van der Waals surface area (Å²) in [5.74, 6) is -0.995. The predicted octanol–water partition coefficient (Wildman–Crippen LogP) is 3.36. The molecule has 2 aromatic carbocycles. The van der Waals surface area contributed by atoms with Gasteiger partial charge in [-0.3, -0.25) is 4.90 Å². The van der Waals surface area contributed by atoms with E-state index >= 15 is 0 Å².